The van der Waals surface area contributed by atoms with Gasteiger partial charge in [0, 0.05) is 10.7 Å². The SMILES string of the molecule is CCCCCCCCCCCCC1(CBr)COC1. The van der Waals surface area contributed by atoms with Crippen molar-refractivity contribution < 1.29 is 4.74 Å². The van der Waals surface area contributed by atoms with E-state index in [1.54, 1.807) is 0 Å². The van der Waals surface area contributed by atoms with Gasteiger partial charge in [-0.25, -0.2) is 0 Å². The second-order valence-corrected chi connectivity index (χ2v) is 6.62. The second kappa shape index (κ2) is 10.3. The van der Waals surface area contributed by atoms with Crippen molar-refractivity contribution in [1.82, 2.24) is 0 Å². The molecule has 108 valence electrons. The molecule has 1 aliphatic heterocycles. The van der Waals surface area contributed by atoms with Crippen LogP contribution in [-0.4, -0.2) is 18.5 Å². The first-order chi connectivity index (χ1) is 8.83. The Morgan fingerprint density at radius 2 is 1.33 bits per heavy atom. The molecule has 1 nitrogen and oxygen atoms in total. The molecule has 0 radical (unpaired) electrons. The topological polar surface area (TPSA) is 9.23 Å². The first-order valence-electron chi connectivity index (χ1n) is 7.97. The monoisotopic (exact) mass is 318 g/mol. The maximum atomic E-state index is 5.34. The lowest BCUT2D eigenvalue weighted by molar-refractivity contribution is -0.102. The van der Waals surface area contributed by atoms with Crippen LogP contribution in [0, 0.1) is 5.41 Å². The van der Waals surface area contributed by atoms with Gasteiger partial charge in [0.2, 0.25) is 0 Å². The summed E-state index contributed by atoms with van der Waals surface area (Å²) in [5.74, 6) is 0. The molecule has 0 aromatic heterocycles. The summed E-state index contributed by atoms with van der Waals surface area (Å²) >= 11 is 3.63. The molecule has 0 amide bonds. The van der Waals surface area contributed by atoms with Crippen molar-refractivity contribution in [3.8, 4) is 0 Å². The van der Waals surface area contributed by atoms with Gasteiger partial charge in [-0.3, -0.25) is 0 Å². The van der Waals surface area contributed by atoms with Gasteiger partial charge >= 0.3 is 0 Å². The summed E-state index contributed by atoms with van der Waals surface area (Å²) in [6, 6.07) is 0. The normalized spacial score (nSPS) is 17.7. The fraction of sp³-hybridized carbons (Fsp3) is 1.00. The van der Waals surface area contributed by atoms with Crippen LogP contribution in [0.1, 0.15) is 77.6 Å². The van der Waals surface area contributed by atoms with Gasteiger partial charge in [-0.2, -0.15) is 0 Å². The number of ether oxygens (including phenoxy) is 1. The van der Waals surface area contributed by atoms with Crippen LogP contribution in [0.4, 0.5) is 0 Å². The van der Waals surface area contributed by atoms with Gasteiger partial charge in [0.15, 0.2) is 0 Å². The fourth-order valence-corrected chi connectivity index (χ4v) is 3.27. The largest absolute Gasteiger partial charge is 0.380 e. The summed E-state index contributed by atoms with van der Waals surface area (Å²) in [6.07, 6.45) is 15.7. The number of hydrogen-bond donors (Lipinski definition) is 0. The Bertz CT molecular complexity index is 184. The van der Waals surface area contributed by atoms with E-state index in [-0.39, 0.29) is 0 Å². The number of alkyl halides is 1. The maximum absolute atomic E-state index is 5.34. The molecule has 0 aromatic rings. The van der Waals surface area contributed by atoms with E-state index < -0.39 is 0 Å². The Morgan fingerprint density at radius 1 is 0.833 bits per heavy atom. The summed E-state index contributed by atoms with van der Waals surface area (Å²) in [7, 11) is 0. The predicted molar refractivity (Wildman–Crippen MR) is 83.5 cm³/mol. The molecule has 2 heteroatoms. The molecule has 0 saturated carbocycles. The Kier molecular flexibility index (Phi) is 9.40. The Balaban J connectivity index is 1.78. The van der Waals surface area contributed by atoms with Gasteiger partial charge in [-0.1, -0.05) is 87.1 Å². The van der Waals surface area contributed by atoms with Gasteiger partial charge in [-0.05, 0) is 6.42 Å². The minimum absolute atomic E-state index is 0.500. The quantitative estimate of drug-likeness (QED) is 0.331. The molecular formula is C16H31BrO. The third-order valence-electron chi connectivity index (χ3n) is 4.16. The average molecular weight is 319 g/mol. The minimum Gasteiger partial charge on any atom is -0.380 e. The van der Waals surface area contributed by atoms with Gasteiger partial charge in [0.05, 0.1) is 13.2 Å². The molecule has 0 aromatic carbocycles. The third-order valence-corrected chi connectivity index (χ3v) is 5.35. The van der Waals surface area contributed by atoms with Crippen molar-refractivity contribution in [3.05, 3.63) is 0 Å². The highest BCUT2D eigenvalue weighted by Gasteiger charge is 2.36. The van der Waals surface area contributed by atoms with E-state index in [0.717, 1.165) is 18.5 Å². The van der Waals surface area contributed by atoms with E-state index in [1.165, 1.54) is 70.6 Å². The third kappa shape index (κ3) is 6.56. The van der Waals surface area contributed by atoms with E-state index in [4.69, 9.17) is 4.74 Å². The van der Waals surface area contributed by atoms with Crippen LogP contribution in [0.15, 0.2) is 0 Å². The van der Waals surface area contributed by atoms with Crippen LogP contribution < -0.4 is 0 Å². The summed E-state index contributed by atoms with van der Waals surface area (Å²) in [4.78, 5) is 0. The van der Waals surface area contributed by atoms with Crippen LogP contribution in [0.5, 0.6) is 0 Å². The Morgan fingerprint density at radius 3 is 1.72 bits per heavy atom. The van der Waals surface area contributed by atoms with Crippen LogP contribution in [-0.2, 0) is 4.74 Å². The van der Waals surface area contributed by atoms with Crippen LogP contribution in [0.25, 0.3) is 0 Å². The molecule has 1 fully saturated rings. The molecule has 0 unspecified atom stereocenters. The molecule has 1 heterocycles. The highest BCUT2D eigenvalue weighted by Crippen LogP contribution is 2.35. The van der Waals surface area contributed by atoms with Crippen molar-refractivity contribution in [3.63, 3.8) is 0 Å². The highest BCUT2D eigenvalue weighted by atomic mass is 79.9. The summed E-state index contributed by atoms with van der Waals surface area (Å²) < 4.78 is 5.34. The zero-order valence-electron chi connectivity index (χ0n) is 12.2. The molecule has 0 N–H and O–H groups in total. The zero-order valence-corrected chi connectivity index (χ0v) is 13.8. The highest BCUT2D eigenvalue weighted by molar-refractivity contribution is 9.09. The Hall–Kier alpha value is 0.440. The van der Waals surface area contributed by atoms with Gasteiger partial charge in [-0.15, -0.1) is 0 Å². The molecule has 0 atom stereocenters. The van der Waals surface area contributed by atoms with Crippen LogP contribution in [0.2, 0.25) is 0 Å². The first-order valence-corrected chi connectivity index (χ1v) is 9.09. The second-order valence-electron chi connectivity index (χ2n) is 6.06. The lowest BCUT2D eigenvalue weighted by Gasteiger charge is -2.40. The first kappa shape index (κ1) is 16.5. The van der Waals surface area contributed by atoms with E-state index in [0.29, 0.717) is 5.41 Å². The molecule has 1 saturated heterocycles. The standard InChI is InChI=1S/C16H31BrO/c1-2-3-4-5-6-7-8-9-10-11-12-16(13-17)14-18-15-16/h2-15H2,1H3. The fourth-order valence-electron chi connectivity index (χ4n) is 2.67. The number of halogens is 1. The smallest absolute Gasteiger partial charge is 0.0552 e. The molecule has 1 aliphatic rings. The van der Waals surface area contributed by atoms with Crippen molar-refractivity contribution >= 4 is 15.9 Å². The van der Waals surface area contributed by atoms with Crippen LogP contribution in [0.3, 0.4) is 0 Å². The van der Waals surface area contributed by atoms with E-state index in [9.17, 15) is 0 Å². The van der Waals surface area contributed by atoms with Crippen molar-refractivity contribution in [2.75, 3.05) is 18.5 Å². The van der Waals surface area contributed by atoms with Gasteiger partial charge < -0.3 is 4.74 Å². The minimum atomic E-state index is 0.500. The van der Waals surface area contributed by atoms with E-state index in [1.807, 2.05) is 0 Å². The average Bonchev–Trinajstić information content (AvgIpc) is 2.34. The van der Waals surface area contributed by atoms with E-state index >= 15 is 0 Å². The molecule has 18 heavy (non-hydrogen) atoms. The maximum Gasteiger partial charge on any atom is 0.0552 e. The lowest BCUT2D eigenvalue weighted by atomic mass is 9.83. The van der Waals surface area contributed by atoms with Gasteiger partial charge in [0.1, 0.15) is 0 Å². The van der Waals surface area contributed by atoms with Gasteiger partial charge in [0.25, 0.3) is 0 Å². The molecule has 0 bridgehead atoms. The van der Waals surface area contributed by atoms with Crippen LogP contribution >= 0.6 is 15.9 Å². The summed E-state index contributed by atoms with van der Waals surface area (Å²) in [5.41, 5.74) is 0.500. The molecular weight excluding hydrogens is 288 g/mol. The lowest BCUT2D eigenvalue weighted by Crippen LogP contribution is -2.43. The predicted octanol–water partition coefficient (Wildman–Crippen LogP) is 5.71. The summed E-state index contributed by atoms with van der Waals surface area (Å²) in [5, 5.41) is 1.12. The summed E-state index contributed by atoms with van der Waals surface area (Å²) in [6.45, 7) is 4.25. The van der Waals surface area contributed by atoms with Crippen molar-refractivity contribution in [2.45, 2.75) is 77.6 Å². The zero-order chi connectivity index (χ0) is 13.1. The van der Waals surface area contributed by atoms with Crippen molar-refractivity contribution in [1.29, 1.82) is 0 Å². The molecule has 0 aliphatic carbocycles. The van der Waals surface area contributed by atoms with E-state index in [2.05, 4.69) is 22.9 Å². The number of hydrogen-bond acceptors (Lipinski definition) is 1. The molecule has 1 rings (SSSR count). The number of unbranched alkanes of at least 4 members (excludes halogenated alkanes) is 9. The Labute approximate surface area is 122 Å². The van der Waals surface area contributed by atoms with Crippen molar-refractivity contribution in [2.24, 2.45) is 5.41 Å². The molecule has 0 spiro atoms. The number of rotatable bonds is 12.